The number of rotatable bonds is 9. The molecule has 0 N–H and O–H groups in total. The summed E-state index contributed by atoms with van der Waals surface area (Å²) in [4.78, 5) is 34.6. The van der Waals surface area contributed by atoms with Crippen molar-refractivity contribution in [2.75, 3.05) is 40.8 Å². The summed E-state index contributed by atoms with van der Waals surface area (Å²) in [5, 5.41) is 5.43. The third kappa shape index (κ3) is 8.83. The van der Waals surface area contributed by atoms with E-state index >= 15 is 0 Å². The van der Waals surface area contributed by atoms with Crippen LogP contribution in [0.4, 0.5) is 0 Å². The van der Waals surface area contributed by atoms with Gasteiger partial charge in [-0.2, -0.15) is 0 Å². The van der Waals surface area contributed by atoms with Gasteiger partial charge >= 0.3 is 11.9 Å². The Hall–Kier alpha value is -2.76. The molecule has 2 aromatic heterocycles. The lowest BCUT2D eigenvalue weighted by molar-refractivity contribution is -0.156. The van der Waals surface area contributed by atoms with Gasteiger partial charge in [-0.05, 0) is 91.1 Å². The van der Waals surface area contributed by atoms with Crippen LogP contribution < -0.4 is 0 Å². The van der Waals surface area contributed by atoms with Crippen LogP contribution in [0.1, 0.15) is 51.0 Å². The molecule has 0 radical (unpaired) electrons. The second-order valence-electron chi connectivity index (χ2n) is 12.1. The van der Waals surface area contributed by atoms with Crippen LogP contribution in [0.5, 0.6) is 0 Å². The molecule has 0 saturated heterocycles. The summed E-state index contributed by atoms with van der Waals surface area (Å²) in [7, 11) is 5.36. The number of thiophene rings is 2. The van der Waals surface area contributed by atoms with Gasteiger partial charge in [-0.15, -0.1) is 22.7 Å². The molecule has 6 rings (SSSR count). The van der Waals surface area contributed by atoms with Gasteiger partial charge in [0.25, 0.3) is 0 Å². The van der Waals surface area contributed by atoms with Crippen molar-refractivity contribution < 1.29 is 19.1 Å². The Labute approximate surface area is 295 Å². The number of ether oxygens (including phenoxy) is 2. The maximum absolute atomic E-state index is 13.1. The molecule has 2 aromatic carbocycles. The lowest BCUT2D eigenvalue weighted by atomic mass is 10.0. The van der Waals surface area contributed by atoms with Crippen LogP contribution >= 0.6 is 45.9 Å². The number of nitrogens with zero attached hydrogens (tertiary/aromatic N) is 3. The van der Waals surface area contributed by atoms with Crippen molar-refractivity contribution in [3.63, 3.8) is 0 Å². The quantitative estimate of drug-likeness (QED) is 0.165. The zero-order valence-electron chi connectivity index (χ0n) is 27.2. The summed E-state index contributed by atoms with van der Waals surface area (Å²) in [6.07, 6.45) is 1.74. The fraction of sp³-hybridized carbons (Fsp3) is 0.389. The molecule has 2 aliphatic heterocycles. The Morgan fingerprint density at radius 3 is 1.70 bits per heavy atom. The molecule has 11 heteroatoms. The minimum Gasteiger partial charge on any atom is -0.468 e. The highest BCUT2D eigenvalue weighted by atomic mass is 35.5. The van der Waals surface area contributed by atoms with Gasteiger partial charge in [0.05, 0.1) is 7.11 Å². The molecule has 0 bridgehead atoms. The lowest BCUT2D eigenvalue weighted by Crippen LogP contribution is -2.40. The predicted octanol–water partition coefficient (Wildman–Crippen LogP) is 7.67. The molecule has 0 spiro atoms. The zero-order valence-corrected chi connectivity index (χ0v) is 30.3. The van der Waals surface area contributed by atoms with Crippen LogP contribution in [0.25, 0.3) is 0 Å². The number of methoxy groups -OCH3 is 1. The predicted molar refractivity (Wildman–Crippen MR) is 191 cm³/mol. The van der Waals surface area contributed by atoms with E-state index in [1.54, 1.807) is 22.7 Å². The number of hydrogen-bond acceptors (Lipinski definition) is 9. The van der Waals surface area contributed by atoms with Gasteiger partial charge in [0, 0.05) is 52.5 Å². The smallest absolute Gasteiger partial charge is 0.328 e. The van der Waals surface area contributed by atoms with E-state index in [9.17, 15) is 9.59 Å². The van der Waals surface area contributed by atoms with E-state index in [0.29, 0.717) is 16.6 Å². The Balaban J connectivity index is 0.000000189. The molecule has 4 heterocycles. The van der Waals surface area contributed by atoms with Crippen LogP contribution in [-0.2, 0) is 45.0 Å². The standard InChI is InChI=1S/C20H25ClN2O2S.C16H16ClNO2S/c1-14(12-22(2)3)25-20(24)19(16-6-4-5-7-17(16)21)23-10-8-18-15(13-23)9-11-26-18;1-20-16(19)15(12-4-2-3-5-13(12)17)18-8-6-14-11(10-18)7-9-21-14/h4-7,9,11,14,19H,8,10,12-13H2,1-3H3;2-5,7,9,15H,6,8,10H2,1H3/t14-,19+;15-/m10/s1. The SMILES string of the molecule is COC(=O)[C@H](c1ccccc1Cl)N1CCc2sccc2C1.C[C@H](CN(C)C)OC(=O)[C@H](c1ccccc1Cl)N1CCc2sccc2C1. The van der Waals surface area contributed by atoms with Crippen molar-refractivity contribution in [3.8, 4) is 0 Å². The molecule has 0 aliphatic carbocycles. The van der Waals surface area contributed by atoms with Gasteiger partial charge in [0.2, 0.25) is 0 Å². The number of esters is 2. The van der Waals surface area contributed by atoms with Gasteiger partial charge in [-0.1, -0.05) is 59.6 Å². The van der Waals surface area contributed by atoms with Gasteiger partial charge in [-0.3, -0.25) is 9.80 Å². The summed E-state index contributed by atoms with van der Waals surface area (Å²) in [6, 6.07) is 18.4. The van der Waals surface area contributed by atoms with E-state index in [-0.39, 0.29) is 18.0 Å². The minimum atomic E-state index is -0.485. The fourth-order valence-corrected chi connectivity index (χ4v) is 8.50. The largest absolute Gasteiger partial charge is 0.468 e. The van der Waals surface area contributed by atoms with Crippen LogP contribution in [0.2, 0.25) is 10.0 Å². The lowest BCUT2D eigenvalue weighted by Gasteiger charge is -2.34. The average molecular weight is 715 g/mol. The zero-order chi connectivity index (χ0) is 33.5. The molecule has 0 saturated carbocycles. The van der Waals surface area contributed by atoms with Crippen molar-refractivity contribution >= 4 is 57.8 Å². The number of hydrogen-bond donors (Lipinski definition) is 0. The van der Waals surface area contributed by atoms with Crippen LogP contribution in [0.3, 0.4) is 0 Å². The number of likely N-dealkylation sites (N-methyl/N-ethyl adjacent to an activating group) is 1. The van der Waals surface area contributed by atoms with E-state index in [2.05, 4.69) is 32.7 Å². The summed E-state index contributed by atoms with van der Waals surface area (Å²) in [6.45, 7) is 5.76. The first-order valence-electron chi connectivity index (χ1n) is 15.7. The van der Waals surface area contributed by atoms with E-state index < -0.39 is 12.1 Å². The molecule has 2 aliphatic rings. The van der Waals surface area contributed by atoms with Crippen LogP contribution in [0, 0.1) is 0 Å². The van der Waals surface area contributed by atoms with E-state index in [1.807, 2.05) is 74.4 Å². The van der Waals surface area contributed by atoms with E-state index in [1.165, 1.54) is 28.0 Å². The van der Waals surface area contributed by atoms with Crippen molar-refractivity contribution in [1.29, 1.82) is 0 Å². The topological polar surface area (TPSA) is 62.3 Å². The van der Waals surface area contributed by atoms with E-state index in [4.69, 9.17) is 32.7 Å². The third-order valence-electron chi connectivity index (χ3n) is 8.39. The summed E-state index contributed by atoms with van der Waals surface area (Å²) in [5.41, 5.74) is 4.22. The van der Waals surface area contributed by atoms with E-state index in [0.717, 1.165) is 50.1 Å². The second kappa shape index (κ2) is 16.6. The molecule has 0 unspecified atom stereocenters. The van der Waals surface area contributed by atoms with Crippen LogP contribution in [0.15, 0.2) is 71.4 Å². The molecule has 47 heavy (non-hydrogen) atoms. The van der Waals surface area contributed by atoms with Gasteiger partial charge < -0.3 is 14.4 Å². The molecule has 250 valence electrons. The molecule has 4 aromatic rings. The first kappa shape index (κ1) is 35.5. The highest BCUT2D eigenvalue weighted by Gasteiger charge is 2.35. The normalized spacial score (nSPS) is 16.7. The van der Waals surface area contributed by atoms with Gasteiger partial charge in [0.15, 0.2) is 0 Å². The maximum atomic E-state index is 13.1. The molecule has 3 atom stereocenters. The summed E-state index contributed by atoms with van der Waals surface area (Å²) in [5.74, 6) is -0.493. The Kier molecular flexibility index (Phi) is 12.5. The highest BCUT2D eigenvalue weighted by Crippen LogP contribution is 2.35. The molecular formula is C36H41Cl2N3O4S2. The first-order chi connectivity index (χ1) is 22.7. The number of carbonyl (C=O) groups excluding carboxylic acids is 2. The Morgan fingerprint density at radius 1 is 0.787 bits per heavy atom. The number of fused-ring (bicyclic) bond motifs is 2. The van der Waals surface area contributed by atoms with Crippen molar-refractivity contribution in [2.24, 2.45) is 0 Å². The number of halogens is 2. The fourth-order valence-electron chi connectivity index (χ4n) is 6.25. The second-order valence-corrected chi connectivity index (χ2v) is 14.9. The highest BCUT2D eigenvalue weighted by molar-refractivity contribution is 7.10. The molecular weight excluding hydrogens is 673 g/mol. The molecule has 0 fully saturated rings. The third-order valence-corrected chi connectivity index (χ3v) is 11.1. The van der Waals surface area contributed by atoms with Crippen molar-refractivity contribution in [3.05, 3.63) is 113 Å². The molecule has 7 nitrogen and oxygen atoms in total. The summed E-state index contributed by atoms with van der Waals surface area (Å²) < 4.78 is 10.8. The first-order valence-corrected chi connectivity index (χ1v) is 18.2. The van der Waals surface area contributed by atoms with Crippen molar-refractivity contribution in [1.82, 2.24) is 14.7 Å². The average Bonchev–Trinajstić information content (AvgIpc) is 3.72. The van der Waals surface area contributed by atoms with Gasteiger partial charge in [0.1, 0.15) is 18.2 Å². The number of carbonyl (C=O) groups is 2. The Bertz CT molecular complexity index is 1660. The van der Waals surface area contributed by atoms with Gasteiger partial charge in [-0.25, -0.2) is 9.59 Å². The van der Waals surface area contributed by atoms with Crippen molar-refractivity contribution in [2.45, 2.75) is 51.0 Å². The maximum Gasteiger partial charge on any atom is 0.328 e. The number of benzene rings is 2. The molecule has 0 amide bonds. The minimum absolute atomic E-state index is 0.177. The van der Waals surface area contributed by atoms with Crippen LogP contribution in [-0.4, -0.2) is 73.6 Å². The monoisotopic (exact) mass is 713 g/mol. The summed E-state index contributed by atoms with van der Waals surface area (Å²) >= 11 is 16.3. The Morgan fingerprint density at radius 2 is 1.26 bits per heavy atom.